The van der Waals surface area contributed by atoms with Crippen LogP contribution < -0.4 is 10.6 Å². The number of allylic oxidation sites excluding steroid dienone is 1. The number of phenols is 1. The third-order valence-electron chi connectivity index (χ3n) is 9.25. The van der Waals surface area contributed by atoms with Gasteiger partial charge in [0.05, 0.1) is 17.5 Å². The molecule has 1 amide bonds. The Morgan fingerprint density at radius 2 is 1.71 bits per heavy atom. The molecule has 0 radical (unpaired) electrons. The number of ketones is 2. The number of likely N-dealkylation sites (tertiary alicyclic amines) is 1. The molecule has 1 heterocycles. The fourth-order valence-corrected chi connectivity index (χ4v) is 7.33. The van der Waals surface area contributed by atoms with E-state index in [4.69, 9.17) is 0 Å². The smallest absolute Gasteiger partial charge is 0.348 e. The van der Waals surface area contributed by atoms with Crippen LogP contribution in [-0.2, 0) is 27.3 Å². The highest BCUT2D eigenvalue weighted by Gasteiger charge is 2.56. The highest BCUT2D eigenvalue weighted by molar-refractivity contribution is 6.27. The van der Waals surface area contributed by atoms with Crippen LogP contribution in [0.5, 0.6) is 5.75 Å². The van der Waals surface area contributed by atoms with Crippen molar-refractivity contribution in [1.29, 1.82) is 0 Å². The van der Waals surface area contributed by atoms with Crippen molar-refractivity contribution in [2.24, 2.45) is 17.8 Å². The van der Waals surface area contributed by atoms with Gasteiger partial charge in [-0.2, -0.15) is 8.78 Å². The quantitative estimate of drug-likeness (QED) is 0.300. The zero-order chi connectivity index (χ0) is 30.8. The summed E-state index contributed by atoms with van der Waals surface area (Å²) in [6.45, 7) is 1.04. The third-order valence-corrected chi connectivity index (χ3v) is 9.25. The van der Waals surface area contributed by atoms with Crippen LogP contribution in [0.4, 0.5) is 14.5 Å². The lowest BCUT2D eigenvalue weighted by atomic mass is 9.59. The molecule has 1 aromatic carbocycles. The number of anilines is 1. The van der Waals surface area contributed by atoms with Crippen molar-refractivity contribution >= 4 is 28.9 Å². The second-order valence-electron chi connectivity index (χ2n) is 12.2. The molecule has 2 fully saturated rings. The van der Waals surface area contributed by atoms with Gasteiger partial charge in [0.1, 0.15) is 17.3 Å². The zero-order valence-electron chi connectivity index (χ0n) is 24.2. The van der Waals surface area contributed by atoms with E-state index in [-0.39, 0.29) is 48.3 Å². The number of nitrogens with zero attached hydrogens (tertiary/aromatic N) is 3. The number of amides is 1. The minimum Gasteiger partial charge on any atom is -0.509 e. The SMILES string of the molecule is CN(C)c1cc(CN2CCC(=C(F)F)CC2)c(O)c2c1C[C@H]1CC3C(C(=O)C(C([NH3+])=O)=C(O)[C@H]3N(C)C)C(=O)C1=C2O. The molecule has 4 aliphatic rings. The maximum absolute atomic E-state index is 14.0. The summed E-state index contributed by atoms with van der Waals surface area (Å²) in [7, 11) is 7.05. The Bertz CT molecular complexity index is 1470. The van der Waals surface area contributed by atoms with Crippen LogP contribution >= 0.6 is 0 Å². The number of quaternary nitrogens is 1. The molecule has 0 spiro atoms. The fourth-order valence-electron chi connectivity index (χ4n) is 7.33. The van der Waals surface area contributed by atoms with Gasteiger partial charge in [-0.1, -0.05) is 0 Å². The monoisotopic (exact) mass is 587 g/mol. The van der Waals surface area contributed by atoms with Gasteiger partial charge in [0.15, 0.2) is 17.1 Å². The van der Waals surface area contributed by atoms with E-state index in [0.29, 0.717) is 30.6 Å². The summed E-state index contributed by atoms with van der Waals surface area (Å²) in [5, 5.41) is 34.0. The molecule has 4 atom stereocenters. The van der Waals surface area contributed by atoms with Crippen molar-refractivity contribution in [3.05, 3.63) is 51.3 Å². The molecule has 226 valence electrons. The van der Waals surface area contributed by atoms with E-state index in [0.717, 1.165) is 5.69 Å². The molecule has 0 bridgehead atoms. The maximum atomic E-state index is 14.0. The number of rotatable bonds is 5. The average molecular weight is 588 g/mol. The summed E-state index contributed by atoms with van der Waals surface area (Å²) in [6, 6.07) is 1.06. The fraction of sp³-hybridized carbons (Fsp3) is 0.500. The molecule has 2 unspecified atom stereocenters. The van der Waals surface area contributed by atoms with E-state index in [1.54, 1.807) is 19.0 Å². The van der Waals surface area contributed by atoms with E-state index in [1.807, 2.05) is 30.0 Å². The van der Waals surface area contributed by atoms with Crippen LogP contribution in [0.3, 0.4) is 0 Å². The van der Waals surface area contributed by atoms with Crippen LogP contribution in [0.1, 0.15) is 36.0 Å². The summed E-state index contributed by atoms with van der Waals surface area (Å²) in [5.74, 6) is -5.69. The molecule has 42 heavy (non-hydrogen) atoms. The number of hydrogen-bond donors (Lipinski definition) is 4. The summed E-state index contributed by atoms with van der Waals surface area (Å²) < 4.78 is 26.1. The second kappa shape index (κ2) is 10.9. The third kappa shape index (κ3) is 4.71. The van der Waals surface area contributed by atoms with Crippen molar-refractivity contribution < 1.29 is 44.2 Å². The standard InChI is InChI=1S/C30H36F2N4O6/c1-34(2)18-11-15(12-36-7-5-13(6-8-36)29(31)32)24(37)20-16(18)9-14-10-17-21(26(39)19(14)25(20)38)27(40)22(30(33)42)28(41)23(17)35(3)4/h11,14,17,21,23,37-38,41H,5-10,12H2,1-4H3,(H2,33,42)/p+1/t14-,17?,21?,23-/m0/s1. The van der Waals surface area contributed by atoms with Crippen LogP contribution in [0.2, 0.25) is 0 Å². The van der Waals surface area contributed by atoms with Crippen LogP contribution in [0.15, 0.2) is 34.6 Å². The van der Waals surface area contributed by atoms with Crippen molar-refractivity contribution in [2.75, 3.05) is 46.2 Å². The first-order valence-corrected chi connectivity index (χ1v) is 14.0. The lowest BCUT2D eigenvalue weighted by molar-refractivity contribution is -0.299. The van der Waals surface area contributed by atoms with Crippen LogP contribution in [-0.4, -0.2) is 89.9 Å². The first-order chi connectivity index (χ1) is 19.7. The zero-order valence-corrected chi connectivity index (χ0v) is 24.2. The number of Topliss-reactive ketones (excluding diaryl/α,β-unsaturated/α-hetero) is 2. The summed E-state index contributed by atoms with van der Waals surface area (Å²) >= 11 is 0. The number of aromatic hydroxyl groups is 1. The molecule has 5 rings (SSSR count). The molecule has 1 aliphatic heterocycles. The molecule has 1 saturated heterocycles. The molecule has 0 aromatic heterocycles. The minimum atomic E-state index is -1.64. The van der Waals surface area contributed by atoms with Crippen molar-refractivity contribution in [2.45, 2.75) is 38.3 Å². The first-order valence-electron chi connectivity index (χ1n) is 14.0. The number of benzene rings is 1. The van der Waals surface area contributed by atoms with Gasteiger partial charge in [-0.25, -0.2) is 4.79 Å². The Balaban J connectivity index is 1.58. The molecule has 12 heteroatoms. The van der Waals surface area contributed by atoms with E-state index >= 15 is 0 Å². The van der Waals surface area contributed by atoms with Crippen molar-refractivity contribution in [3.8, 4) is 5.75 Å². The largest absolute Gasteiger partial charge is 0.509 e. The van der Waals surface area contributed by atoms with Gasteiger partial charge in [-0.05, 0) is 68.8 Å². The molecular formula is C30H37F2N4O6+. The Hall–Kier alpha value is -3.61. The Labute approximate surface area is 242 Å². The molecule has 6 N–H and O–H groups in total. The Morgan fingerprint density at radius 1 is 1.07 bits per heavy atom. The number of aliphatic hydroxyl groups is 2. The predicted molar refractivity (Wildman–Crippen MR) is 150 cm³/mol. The van der Waals surface area contributed by atoms with Gasteiger partial charge in [-0.3, -0.25) is 25.1 Å². The number of hydrogen-bond acceptors (Lipinski definition) is 9. The summed E-state index contributed by atoms with van der Waals surface area (Å²) in [5.41, 5.74) is 4.98. The van der Waals surface area contributed by atoms with Gasteiger partial charge in [0, 0.05) is 50.6 Å². The van der Waals surface area contributed by atoms with E-state index in [9.17, 15) is 38.5 Å². The number of aliphatic hydroxyl groups excluding tert-OH is 2. The molecule has 1 saturated carbocycles. The highest BCUT2D eigenvalue weighted by Crippen LogP contribution is 2.52. The molecular weight excluding hydrogens is 550 g/mol. The topological polar surface area (TPSA) is 149 Å². The van der Waals surface area contributed by atoms with E-state index < -0.39 is 64.4 Å². The summed E-state index contributed by atoms with van der Waals surface area (Å²) in [4.78, 5) is 45.2. The highest BCUT2D eigenvalue weighted by atomic mass is 19.3. The van der Waals surface area contributed by atoms with Crippen LogP contribution in [0, 0.1) is 17.8 Å². The van der Waals surface area contributed by atoms with E-state index in [2.05, 4.69) is 5.73 Å². The number of fused-ring (bicyclic) bond motifs is 3. The predicted octanol–water partition coefficient (Wildman–Crippen LogP) is 1.94. The second-order valence-corrected chi connectivity index (χ2v) is 12.2. The van der Waals surface area contributed by atoms with E-state index in [1.165, 1.54) is 0 Å². The molecule has 1 aromatic rings. The number of piperidine rings is 1. The van der Waals surface area contributed by atoms with Gasteiger partial charge < -0.3 is 20.2 Å². The number of halogens is 2. The number of likely N-dealkylation sites (N-methyl/N-ethyl adjacent to an activating group) is 1. The summed E-state index contributed by atoms with van der Waals surface area (Å²) in [6.07, 6.45) is -0.592. The maximum Gasteiger partial charge on any atom is 0.348 e. The van der Waals surface area contributed by atoms with Crippen molar-refractivity contribution in [3.63, 3.8) is 0 Å². The lowest BCUT2D eigenvalue weighted by Crippen LogP contribution is -2.63. The van der Waals surface area contributed by atoms with Gasteiger partial charge >= 0.3 is 5.91 Å². The minimum absolute atomic E-state index is 0.0372. The normalized spacial score (nSPS) is 26.3. The average Bonchev–Trinajstić information content (AvgIpc) is 2.89. The number of carbonyl (C=O) groups excluding carboxylic acids is 3. The first kappa shape index (κ1) is 29.9. The Kier molecular flexibility index (Phi) is 7.75. The van der Waals surface area contributed by atoms with Gasteiger partial charge in [0.25, 0.3) is 6.08 Å². The lowest BCUT2D eigenvalue weighted by Gasteiger charge is -2.46. The van der Waals surface area contributed by atoms with Crippen LogP contribution in [0.25, 0.3) is 5.76 Å². The van der Waals surface area contributed by atoms with Crippen molar-refractivity contribution in [1.82, 2.24) is 9.80 Å². The number of phenolic OH excluding ortho intramolecular Hbond substituents is 1. The Morgan fingerprint density at radius 3 is 2.26 bits per heavy atom. The van der Waals surface area contributed by atoms with Gasteiger partial charge in [0.2, 0.25) is 0 Å². The van der Waals surface area contributed by atoms with Gasteiger partial charge in [-0.15, -0.1) is 0 Å². The molecule has 3 aliphatic carbocycles. The number of carbonyl (C=O) groups is 3. The molecule has 10 nitrogen and oxygen atoms in total.